The van der Waals surface area contributed by atoms with Crippen molar-refractivity contribution in [3.8, 4) is 0 Å². The minimum atomic E-state index is -0.571. The van der Waals surface area contributed by atoms with Crippen molar-refractivity contribution in [3.05, 3.63) is 41.4 Å². The van der Waals surface area contributed by atoms with Crippen LogP contribution in [0.25, 0.3) is 0 Å². The summed E-state index contributed by atoms with van der Waals surface area (Å²) in [7, 11) is -0.372. The second-order valence-corrected chi connectivity index (χ2v) is 12.5. The van der Waals surface area contributed by atoms with Crippen LogP contribution in [0.3, 0.4) is 0 Å². The van der Waals surface area contributed by atoms with Crippen molar-refractivity contribution < 1.29 is 23.9 Å². The van der Waals surface area contributed by atoms with Crippen LogP contribution < -0.4 is 16.1 Å². The van der Waals surface area contributed by atoms with Crippen LogP contribution in [0.2, 0.25) is 0 Å². The first-order valence-corrected chi connectivity index (χ1v) is 13.9. The standard InChI is InChI=1S/C27H42BN3O5S/c1-25(2,3)34-24(33)30-15-14-22(32)18-21(31-23-29-16-17-37-23)13-10-19-8-11-20(12-9-19)28-35-26(4,5)27(6,7)36-28/h8-9,11-12,16-17,21-22,32H,10,13-15,18H2,1-7H3,(H,29,31)(H,30,33). The number of nitrogens with zero attached hydrogens (tertiary/aromatic N) is 1. The van der Waals surface area contributed by atoms with Crippen LogP contribution in [-0.2, 0) is 20.5 Å². The van der Waals surface area contributed by atoms with E-state index >= 15 is 0 Å². The number of aryl methyl sites for hydroxylation is 1. The quantitative estimate of drug-likeness (QED) is 0.367. The fourth-order valence-electron chi connectivity index (χ4n) is 3.98. The van der Waals surface area contributed by atoms with E-state index in [1.54, 1.807) is 6.20 Å². The van der Waals surface area contributed by atoms with E-state index in [1.807, 2.05) is 26.2 Å². The number of amides is 1. The number of rotatable bonds is 11. The molecule has 1 amide bonds. The zero-order valence-corrected chi connectivity index (χ0v) is 24.0. The number of carbonyl (C=O) groups excluding carboxylic acids is 1. The van der Waals surface area contributed by atoms with Crippen molar-refractivity contribution in [2.45, 2.75) is 103 Å². The van der Waals surface area contributed by atoms with Crippen LogP contribution in [0.15, 0.2) is 35.8 Å². The highest BCUT2D eigenvalue weighted by Gasteiger charge is 2.51. The van der Waals surface area contributed by atoms with Gasteiger partial charge >= 0.3 is 13.2 Å². The van der Waals surface area contributed by atoms with Gasteiger partial charge in [0, 0.05) is 24.2 Å². The Labute approximate surface area is 225 Å². The van der Waals surface area contributed by atoms with Crippen LogP contribution >= 0.6 is 11.3 Å². The molecular weight excluding hydrogens is 489 g/mol. The van der Waals surface area contributed by atoms with Gasteiger partial charge in [0.2, 0.25) is 0 Å². The predicted octanol–water partition coefficient (Wildman–Crippen LogP) is 4.52. The monoisotopic (exact) mass is 531 g/mol. The van der Waals surface area contributed by atoms with E-state index in [0.717, 1.165) is 23.4 Å². The lowest BCUT2D eigenvalue weighted by Crippen LogP contribution is -2.41. The van der Waals surface area contributed by atoms with Gasteiger partial charge < -0.3 is 29.8 Å². The lowest BCUT2D eigenvalue weighted by Gasteiger charge is -2.32. The third-order valence-electron chi connectivity index (χ3n) is 6.75. The predicted molar refractivity (Wildman–Crippen MR) is 149 cm³/mol. The number of benzene rings is 1. The number of hydrogen-bond acceptors (Lipinski definition) is 8. The summed E-state index contributed by atoms with van der Waals surface area (Å²) in [5.41, 5.74) is 0.927. The molecule has 1 aliphatic rings. The maximum absolute atomic E-state index is 11.9. The Morgan fingerprint density at radius 3 is 2.35 bits per heavy atom. The van der Waals surface area contributed by atoms with Crippen molar-refractivity contribution in [2.75, 3.05) is 11.9 Å². The first kappa shape index (κ1) is 29.4. The summed E-state index contributed by atoms with van der Waals surface area (Å²) in [6, 6.07) is 8.39. The molecule has 0 bridgehead atoms. The summed E-state index contributed by atoms with van der Waals surface area (Å²) >= 11 is 1.54. The molecule has 1 fully saturated rings. The molecule has 1 aromatic heterocycles. The summed E-state index contributed by atoms with van der Waals surface area (Å²) < 4.78 is 17.6. The topological polar surface area (TPSA) is 102 Å². The molecule has 2 atom stereocenters. The van der Waals surface area contributed by atoms with Crippen molar-refractivity contribution in [3.63, 3.8) is 0 Å². The molecule has 0 spiro atoms. The molecule has 0 saturated carbocycles. The maximum Gasteiger partial charge on any atom is 0.494 e. The Morgan fingerprint density at radius 2 is 1.78 bits per heavy atom. The number of aromatic nitrogens is 1. The maximum atomic E-state index is 11.9. The van der Waals surface area contributed by atoms with E-state index in [9.17, 15) is 9.90 Å². The molecule has 2 heterocycles. The van der Waals surface area contributed by atoms with Gasteiger partial charge in [-0.3, -0.25) is 0 Å². The van der Waals surface area contributed by atoms with Crippen LogP contribution in [0.1, 0.15) is 73.3 Å². The van der Waals surface area contributed by atoms with Gasteiger partial charge in [-0.2, -0.15) is 0 Å². The number of aliphatic hydroxyl groups is 1. The Hall–Kier alpha value is -2.14. The van der Waals surface area contributed by atoms with Crippen LogP contribution in [0.4, 0.5) is 9.93 Å². The number of aliphatic hydroxyl groups excluding tert-OH is 1. The average Bonchev–Trinajstić information content (AvgIpc) is 3.36. The minimum Gasteiger partial charge on any atom is -0.444 e. The van der Waals surface area contributed by atoms with E-state index in [1.165, 1.54) is 16.9 Å². The number of alkyl carbamates (subject to hydrolysis) is 1. The second-order valence-electron chi connectivity index (χ2n) is 11.7. The van der Waals surface area contributed by atoms with E-state index in [2.05, 4.69) is 67.6 Å². The van der Waals surface area contributed by atoms with Gasteiger partial charge in [-0.25, -0.2) is 9.78 Å². The molecule has 8 nitrogen and oxygen atoms in total. The highest BCUT2D eigenvalue weighted by atomic mass is 32.1. The van der Waals surface area contributed by atoms with Crippen molar-refractivity contribution >= 4 is 35.1 Å². The largest absolute Gasteiger partial charge is 0.494 e. The highest BCUT2D eigenvalue weighted by molar-refractivity contribution is 7.13. The zero-order chi connectivity index (χ0) is 27.3. The molecular formula is C27H42BN3O5S. The van der Waals surface area contributed by atoms with Gasteiger partial charge in [0.15, 0.2) is 5.13 Å². The Morgan fingerprint density at radius 1 is 1.14 bits per heavy atom. The van der Waals surface area contributed by atoms with Gasteiger partial charge in [-0.1, -0.05) is 24.3 Å². The summed E-state index contributed by atoms with van der Waals surface area (Å²) in [4.78, 5) is 16.2. The van der Waals surface area contributed by atoms with E-state index in [-0.39, 0.29) is 24.4 Å². The highest BCUT2D eigenvalue weighted by Crippen LogP contribution is 2.36. The molecule has 1 aliphatic heterocycles. The average molecular weight is 532 g/mol. The molecule has 1 aromatic carbocycles. The third kappa shape index (κ3) is 8.98. The van der Waals surface area contributed by atoms with Crippen molar-refractivity contribution in [1.29, 1.82) is 0 Å². The number of nitrogens with one attached hydrogen (secondary N) is 2. The molecule has 2 aromatic rings. The molecule has 10 heteroatoms. The molecule has 1 saturated heterocycles. The van der Waals surface area contributed by atoms with Gasteiger partial charge in [-0.05, 0) is 85.2 Å². The fraction of sp³-hybridized carbons (Fsp3) is 0.630. The number of ether oxygens (including phenoxy) is 1. The molecule has 3 N–H and O–H groups in total. The molecule has 0 aliphatic carbocycles. The van der Waals surface area contributed by atoms with E-state index < -0.39 is 17.8 Å². The Balaban J connectivity index is 1.52. The lowest BCUT2D eigenvalue weighted by atomic mass is 9.78. The van der Waals surface area contributed by atoms with Crippen molar-refractivity contribution in [1.82, 2.24) is 10.3 Å². The molecule has 204 valence electrons. The fourth-order valence-corrected chi connectivity index (χ4v) is 4.59. The van der Waals surface area contributed by atoms with Gasteiger partial charge in [0.1, 0.15) is 5.60 Å². The van der Waals surface area contributed by atoms with Crippen LogP contribution in [0, 0.1) is 0 Å². The second kappa shape index (κ2) is 12.2. The molecule has 2 unspecified atom stereocenters. The summed E-state index contributed by atoms with van der Waals surface area (Å²) in [6.07, 6.45) is 3.38. The third-order valence-corrected chi connectivity index (χ3v) is 7.45. The Bertz CT molecular complexity index is 976. The number of carbonyl (C=O) groups is 1. The smallest absolute Gasteiger partial charge is 0.444 e. The first-order chi connectivity index (χ1) is 17.2. The van der Waals surface area contributed by atoms with Gasteiger partial charge in [0.05, 0.1) is 17.3 Å². The summed E-state index contributed by atoms with van der Waals surface area (Å²) in [5.74, 6) is 0. The SMILES string of the molecule is CC(C)(C)OC(=O)NCCC(O)CC(CCc1ccc(B2OC(C)(C)C(C)(C)O2)cc1)Nc1nccs1. The number of anilines is 1. The normalized spacial score (nSPS) is 18.3. The van der Waals surface area contributed by atoms with Crippen molar-refractivity contribution in [2.24, 2.45) is 0 Å². The number of hydrogen-bond donors (Lipinski definition) is 3. The zero-order valence-electron chi connectivity index (χ0n) is 23.2. The first-order valence-electron chi connectivity index (χ1n) is 13.0. The van der Waals surface area contributed by atoms with E-state index in [4.69, 9.17) is 14.0 Å². The van der Waals surface area contributed by atoms with Crippen LogP contribution in [0.5, 0.6) is 0 Å². The summed E-state index contributed by atoms with van der Waals surface area (Å²) in [5, 5.41) is 19.6. The van der Waals surface area contributed by atoms with Gasteiger partial charge in [0.25, 0.3) is 0 Å². The summed E-state index contributed by atoms with van der Waals surface area (Å²) in [6.45, 7) is 14.0. The molecule has 0 radical (unpaired) electrons. The lowest BCUT2D eigenvalue weighted by molar-refractivity contribution is 0.00578. The van der Waals surface area contributed by atoms with Gasteiger partial charge in [-0.15, -0.1) is 11.3 Å². The number of thiazole rings is 1. The van der Waals surface area contributed by atoms with E-state index in [0.29, 0.717) is 19.4 Å². The molecule has 3 rings (SSSR count). The minimum absolute atomic E-state index is 0.0328. The Kier molecular flexibility index (Phi) is 9.66. The molecule has 37 heavy (non-hydrogen) atoms. The van der Waals surface area contributed by atoms with Crippen LogP contribution in [-0.4, -0.2) is 58.8 Å².